The van der Waals surface area contributed by atoms with Crippen molar-refractivity contribution < 1.29 is 19.7 Å². The van der Waals surface area contributed by atoms with Gasteiger partial charge in [0.1, 0.15) is 0 Å². The molecule has 0 spiro atoms. The van der Waals surface area contributed by atoms with Crippen molar-refractivity contribution in [3.05, 3.63) is 53.6 Å². The van der Waals surface area contributed by atoms with Crippen molar-refractivity contribution in [2.75, 3.05) is 10.5 Å². The summed E-state index contributed by atoms with van der Waals surface area (Å²) in [6.07, 6.45) is 1.33. The number of anilines is 1. The largest absolute Gasteiger partial charge is 0.284 e. The van der Waals surface area contributed by atoms with Gasteiger partial charge in [0.25, 0.3) is 0 Å². The van der Waals surface area contributed by atoms with Crippen LogP contribution in [0.15, 0.2) is 42.5 Å². The highest BCUT2D eigenvalue weighted by molar-refractivity contribution is 7.92. The lowest BCUT2D eigenvalue weighted by Gasteiger charge is -2.14. The smallest absolute Gasteiger partial charge is 0.232 e. The summed E-state index contributed by atoms with van der Waals surface area (Å²) in [5.74, 6) is 0.0176. The Kier molecular flexibility index (Phi) is 5.84. The van der Waals surface area contributed by atoms with Crippen molar-refractivity contribution in [2.45, 2.75) is 44.9 Å². The van der Waals surface area contributed by atoms with Gasteiger partial charge >= 0.3 is 0 Å². The van der Waals surface area contributed by atoms with E-state index in [1.807, 2.05) is 30.3 Å². The van der Waals surface area contributed by atoms with E-state index in [4.69, 9.17) is 0 Å². The van der Waals surface area contributed by atoms with Gasteiger partial charge in [-0.15, -0.1) is 0 Å². The van der Waals surface area contributed by atoms with E-state index < -0.39 is 25.3 Å². The maximum absolute atomic E-state index is 12.1. The highest BCUT2D eigenvalue weighted by Gasteiger charge is 2.27. The van der Waals surface area contributed by atoms with Gasteiger partial charge in [0.05, 0.1) is 11.0 Å². The van der Waals surface area contributed by atoms with Crippen LogP contribution in [-0.2, 0) is 32.9 Å². The summed E-state index contributed by atoms with van der Waals surface area (Å²) in [6.45, 7) is 4.93. The summed E-state index contributed by atoms with van der Waals surface area (Å²) >= 11 is 0. The molecule has 1 aliphatic rings. The number of rotatable bonds is 7. The number of hydrogen-bond acceptors (Lipinski definition) is 4. The van der Waals surface area contributed by atoms with E-state index in [2.05, 4.69) is 15.5 Å². The van der Waals surface area contributed by atoms with Crippen LogP contribution in [0.2, 0.25) is 0 Å². The SMILES string of the molecule is CCS(=O)(=O)Nc1cccc(-c2ccc3c(c2)CC(NS(=O)(=O)C(C)C)C3)c1.[HH].[HH]. The van der Waals surface area contributed by atoms with Crippen LogP contribution in [0.1, 0.15) is 34.8 Å². The molecule has 3 rings (SSSR count). The molecule has 156 valence electrons. The van der Waals surface area contributed by atoms with Gasteiger partial charge in [0, 0.05) is 14.6 Å². The fourth-order valence-corrected chi connectivity index (χ4v) is 4.80. The van der Waals surface area contributed by atoms with Crippen LogP contribution in [0.5, 0.6) is 0 Å². The Morgan fingerprint density at radius 1 is 1.00 bits per heavy atom. The minimum absolute atomic E-state index is 0. The Balaban J connectivity index is 0.00000225. The molecule has 1 unspecified atom stereocenters. The van der Waals surface area contributed by atoms with Gasteiger partial charge in [-0.1, -0.05) is 30.3 Å². The van der Waals surface area contributed by atoms with Crippen molar-refractivity contribution in [3.8, 4) is 11.1 Å². The van der Waals surface area contributed by atoms with Crippen molar-refractivity contribution in [1.82, 2.24) is 4.72 Å². The first-order chi connectivity index (χ1) is 13.1. The predicted octanol–water partition coefficient (Wildman–Crippen LogP) is 3.40. The maximum atomic E-state index is 12.1. The van der Waals surface area contributed by atoms with Crippen LogP contribution in [0.3, 0.4) is 0 Å². The Labute approximate surface area is 170 Å². The van der Waals surface area contributed by atoms with E-state index in [1.54, 1.807) is 26.8 Å². The Bertz CT molecular complexity index is 1090. The molecule has 0 radical (unpaired) electrons. The number of hydrogen-bond donors (Lipinski definition) is 2. The van der Waals surface area contributed by atoms with Gasteiger partial charge in [-0.25, -0.2) is 21.6 Å². The fourth-order valence-electron chi connectivity index (χ4n) is 3.26. The molecule has 1 aliphatic carbocycles. The van der Waals surface area contributed by atoms with E-state index in [0.717, 1.165) is 22.3 Å². The molecule has 2 aromatic carbocycles. The molecule has 0 saturated carbocycles. The second-order valence-electron chi connectivity index (χ2n) is 7.39. The molecule has 2 aromatic rings. The van der Waals surface area contributed by atoms with Crippen LogP contribution >= 0.6 is 0 Å². The average molecular weight is 427 g/mol. The monoisotopic (exact) mass is 426 g/mol. The molecule has 28 heavy (non-hydrogen) atoms. The highest BCUT2D eigenvalue weighted by Crippen LogP contribution is 2.30. The molecule has 0 fully saturated rings. The van der Waals surface area contributed by atoms with Crippen LogP contribution in [0.4, 0.5) is 5.69 Å². The normalized spacial score (nSPS) is 16.9. The molecule has 0 heterocycles. The number of nitrogens with one attached hydrogen (secondary N) is 2. The summed E-state index contributed by atoms with van der Waals surface area (Å²) in [5, 5.41) is -0.457. The number of sulfonamides is 2. The lowest BCUT2D eigenvalue weighted by atomic mass is 10.0. The summed E-state index contributed by atoms with van der Waals surface area (Å²) < 4.78 is 53.2. The first kappa shape index (κ1) is 20.8. The molecule has 0 saturated heterocycles. The minimum Gasteiger partial charge on any atom is -0.284 e. The fraction of sp³-hybridized carbons (Fsp3) is 0.400. The molecular formula is C20H30N2O4S2. The van der Waals surface area contributed by atoms with Gasteiger partial charge in [-0.2, -0.15) is 0 Å². The second kappa shape index (κ2) is 7.85. The van der Waals surface area contributed by atoms with Crippen molar-refractivity contribution in [2.24, 2.45) is 0 Å². The molecule has 0 amide bonds. The number of benzene rings is 2. The van der Waals surface area contributed by atoms with Crippen molar-refractivity contribution >= 4 is 25.7 Å². The van der Waals surface area contributed by atoms with Crippen LogP contribution in [0.25, 0.3) is 11.1 Å². The average Bonchev–Trinajstić information content (AvgIpc) is 3.02. The van der Waals surface area contributed by atoms with E-state index in [0.29, 0.717) is 18.5 Å². The molecule has 8 heteroatoms. The molecular weight excluding hydrogens is 396 g/mol. The molecule has 0 bridgehead atoms. The van der Waals surface area contributed by atoms with E-state index in [-0.39, 0.29) is 14.6 Å². The highest BCUT2D eigenvalue weighted by atomic mass is 32.2. The Hall–Kier alpha value is -1.90. The number of fused-ring (bicyclic) bond motifs is 1. The lowest BCUT2D eigenvalue weighted by Crippen LogP contribution is -2.39. The maximum Gasteiger partial charge on any atom is 0.232 e. The third-order valence-corrected chi connectivity index (χ3v) is 8.15. The van der Waals surface area contributed by atoms with Crippen LogP contribution in [0, 0.1) is 0 Å². The van der Waals surface area contributed by atoms with Gasteiger partial charge in [0.15, 0.2) is 0 Å². The van der Waals surface area contributed by atoms with Gasteiger partial charge in [-0.3, -0.25) is 4.72 Å². The zero-order valence-corrected chi connectivity index (χ0v) is 17.9. The Morgan fingerprint density at radius 2 is 1.68 bits per heavy atom. The second-order valence-corrected chi connectivity index (χ2v) is 11.7. The van der Waals surface area contributed by atoms with Crippen LogP contribution in [-0.4, -0.2) is 33.9 Å². The lowest BCUT2D eigenvalue weighted by molar-refractivity contribution is 0.547. The van der Waals surface area contributed by atoms with Gasteiger partial charge in [-0.05, 0) is 68.0 Å². The van der Waals surface area contributed by atoms with Gasteiger partial charge < -0.3 is 0 Å². The van der Waals surface area contributed by atoms with E-state index >= 15 is 0 Å². The molecule has 1 atom stereocenters. The molecule has 2 N–H and O–H groups in total. The van der Waals surface area contributed by atoms with Gasteiger partial charge in [0.2, 0.25) is 20.0 Å². The topological polar surface area (TPSA) is 92.3 Å². The Morgan fingerprint density at radius 3 is 2.36 bits per heavy atom. The third kappa shape index (κ3) is 4.74. The van der Waals surface area contributed by atoms with Crippen LogP contribution < -0.4 is 9.44 Å². The quantitative estimate of drug-likeness (QED) is 0.710. The molecule has 6 nitrogen and oxygen atoms in total. The zero-order valence-electron chi connectivity index (χ0n) is 16.3. The molecule has 0 aliphatic heterocycles. The first-order valence-corrected chi connectivity index (χ1v) is 12.5. The minimum atomic E-state index is -3.33. The third-order valence-electron chi connectivity index (χ3n) is 4.94. The zero-order chi connectivity index (χ0) is 20.5. The summed E-state index contributed by atoms with van der Waals surface area (Å²) in [4.78, 5) is 0. The van der Waals surface area contributed by atoms with E-state index in [1.165, 1.54) is 0 Å². The predicted molar refractivity (Wildman–Crippen MR) is 118 cm³/mol. The first-order valence-electron chi connectivity index (χ1n) is 9.33. The van der Waals surface area contributed by atoms with E-state index in [9.17, 15) is 16.8 Å². The summed E-state index contributed by atoms with van der Waals surface area (Å²) in [5.41, 5.74) is 4.67. The summed E-state index contributed by atoms with van der Waals surface area (Å²) in [6, 6.07) is 13.2. The molecule has 0 aromatic heterocycles. The van der Waals surface area contributed by atoms with Crippen molar-refractivity contribution in [3.63, 3.8) is 0 Å². The standard InChI is InChI=1S/C20H26N2O4S2.2H2/c1-4-27(23,24)21-19-7-5-6-15(11-19)16-8-9-17-12-20(13-18(17)10-16)22-28(25,26)14(2)3;;/h5-11,14,20-22H,4,12-13H2,1-3H3;2*1H. The summed E-state index contributed by atoms with van der Waals surface area (Å²) in [7, 11) is -6.63. The van der Waals surface area contributed by atoms with Crippen molar-refractivity contribution in [1.29, 1.82) is 0 Å².